The molecule has 4 heterocycles. The largest absolute Gasteiger partial charge is 0.455 e. The topological polar surface area (TPSA) is 27.7 Å². The summed E-state index contributed by atoms with van der Waals surface area (Å²) in [6, 6.07) is 17.6. The van der Waals surface area contributed by atoms with E-state index in [1.807, 2.05) is 0 Å². The highest BCUT2D eigenvalue weighted by atomic mass is 16.5. The molecule has 0 spiro atoms. The van der Waals surface area contributed by atoms with Gasteiger partial charge in [-0.05, 0) is 49.2 Å². The second-order valence-electron chi connectivity index (χ2n) is 7.00. The van der Waals surface area contributed by atoms with Gasteiger partial charge in [-0.2, -0.15) is 0 Å². The van der Waals surface area contributed by atoms with E-state index in [2.05, 4.69) is 63.6 Å². The molecule has 4 aliphatic heterocycles. The van der Waals surface area contributed by atoms with Gasteiger partial charge in [-0.15, -0.1) is 0 Å². The zero-order valence-electron chi connectivity index (χ0n) is 13.8. The van der Waals surface area contributed by atoms with Gasteiger partial charge in [0.1, 0.15) is 5.75 Å². The minimum absolute atomic E-state index is 0.0194. The number of fused-ring (bicyclic) bond motifs is 5. The minimum Gasteiger partial charge on any atom is -0.455 e. The van der Waals surface area contributed by atoms with E-state index in [4.69, 9.17) is 4.74 Å². The summed E-state index contributed by atoms with van der Waals surface area (Å²) in [6.07, 6.45) is 2.49. The normalized spacial score (nSPS) is 28.8. The van der Waals surface area contributed by atoms with Crippen LogP contribution in [-0.2, 0) is 0 Å². The fourth-order valence-corrected chi connectivity index (χ4v) is 4.21. The highest BCUT2D eigenvalue weighted by molar-refractivity contribution is 5.73. The van der Waals surface area contributed by atoms with Crippen LogP contribution in [0.4, 0.5) is 5.69 Å². The van der Waals surface area contributed by atoms with Crippen LogP contribution in [0.3, 0.4) is 0 Å². The number of hydrogen-bond acceptors (Lipinski definition) is 4. The molecule has 1 atom stereocenters. The maximum Gasteiger partial charge on any atom is 0.230 e. The van der Waals surface area contributed by atoms with Gasteiger partial charge in [-0.3, -0.25) is 0 Å². The van der Waals surface area contributed by atoms with Gasteiger partial charge in [0.25, 0.3) is 0 Å². The second kappa shape index (κ2) is 5.80. The molecule has 4 heteroatoms. The Morgan fingerprint density at radius 2 is 1.71 bits per heavy atom. The van der Waals surface area contributed by atoms with E-state index in [-0.39, 0.29) is 6.35 Å². The van der Waals surface area contributed by atoms with Crippen LogP contribution in [0.1, 0.15) is 12.8 Å². The van der Waals surface area contributed by atoms with E-state index in [1.165, 1.54) is 37.1 Å². The van der Waals surface area contributed by atoms with E-state index in [0.717, 1.165) is 24.5 Å². The molecule has 3 saturated heterocycles. The lowest BCUT2D eigenvalue weighted by molar-refractivity contribution is 0.0281. The average Bonchev–Trinajstić information content (AvgIpc) is 2.82. The van der Waals surface area contributed by atoms with Crippen molar-refractivity contribution in [1.29, 1.82) is 0 Å². The van der Waals surface area contributed by atoms with Gasteiger partial charge in [-0.25, -0.2) is 4.90 Å². The highest BCUT2D eigenvalue weighted by Gasteiger charge is 2.36. The zero-order chi connectivity index (χ0) is 15.9. The van der Waals surface area contributed by atoms with Crippen LogP contribution in [0.5, 0.6) is 5.75 Å². The molecule has 124 valence electrons. The predicted octanol–water partition coefficient (Wildman–Crippen LogP) is 3.22. The fraction of sp³-hybridized carbons (Fsp3) is 0.400. The Bertz CT molecular complexity index is 725. The smallest absolute Gasteiger partial charge is 0.230 e. The third-order valence-electron chi connectivity index (χ3n) is 5.61. The lowest BCUT2D eigenvalue weighted by Crippen LogP contribution is -2.48. The molecule has 2 aromatic carbocycles. The van der Waals surface area contributed by atoms with Gasteiger partial charge in [0.2, 0.25) is 6.35 Å². The van der Waals surface area contributed by atoms with Crippen molar-refractivity contribution in [2.45, 2.75) is 25.2 Å². The van der Waals surface area contributed by atoms with Crippen molar-refractivity contribution < 1.29 is 4.74 Å². The Labute approximate surface area is 143 Å². The Balaban J connectivity index is 1.38. The molecular formula is C20H23N3O. The fourth-order valence-electron chi connectivity index (χ4n) is 4.21. The quantitative estimate of drug-likeness (QED) is 0.919. The molecule has 4 aliphatic rings. The maximum absolute atomic E-state index is 6.24. The van der Waals surface area contributed by atoms with Crippen LogP contribution in [0.15, 0.2) is 48.5 Å². The van der Waals surface area contributed by atoms with E-state index in [9.17, 15) is 0 Å². The van der Waals surface area contributed by atoms with Gasteiger partial charge in [-0.1, -0.05) is 36.4 Å². The van der Waals surface area contributed by atoms with Crippen molar-refractivity contribution in [3.8, 4) is 16.9 Å². The van der Waals surface area contributed by atoms with E-state index < -0.39 is 0 Å². The van der Waals surface area contributed by atoms with E-state index >= 15 is 0 Å². The van der Waals surface area contributed by atoms with Crippen molar-refractivity contribution in [1.82, 2.24) is 9.80 Å². The first-order valence-corrected chi connectivity index (χ1v) is 8.98. The maximum atomic E-state index is 6.24. The van der Waals surface area contributed by atoms with Crippen molar-refractivity contribution in [3.05, 3.63) is 48.5 Å². The molecule has 1 unspecified atom stereocenters. The van der Waals surface area contributed by atoms with Crippen LogP contribution in [-0.4, -0.2) is 48.4 Å². The molecule has 0 radical (unpaired) electrons. The Morgan fingerprint density at radius 1 is 0.875 bits per heavy atom. The summed E-state index contributed by atoms with van der Waals surface area (Å²) in [5, 5.41) is 3.61. The monoisotopic (exact) mass is 321 g/mol. The van der Waals surface area contributed by atoms with Crippen LogP contribution in [0.2, 0.25) is 0 Å². The number of hydrogen-bond donors (Lipinski definition) is 1. The first-order valence-electron chi connectivity index (χ1n) is 8.98. The number of rotatable bonds is 2. The first-order chi connectivity index (χ1) is 11.9. The molecule has 0 amide bonds. The summed E-state index contributed by atoms with van der Waals surface area (Å²) in [4.78, 5) is 5.10. The standard InChI is InChI=1S/C20H23N3O/c1-2-4-15(5-3-1)16-6-7-19-18(14-16)21-20(24-19)23-13-12-22-10-8-17(23)9-11-22/h1-7,14,17,20-21H,8-13H2. The molecule has 4 nitrogen and oxygen atoms in total. The molecule has 3 fully saturated rings. The van der Waals surface area contributed by atoms with E-state index in [0.29, 0.717) is 6.04 Å². The van der Waals surface area contributed by atoms with Gasteiger partial charge in [0, 0.05) is 19.1 Å². The molecule has 0 aromatic heterocycles. The lowest BCUT2D eigenvalue weighted by atomic mass is 10.0. The second-order valence-corrected chi connectivity index (χ2v) is 7.00. The number of nitrogens with zero attached hydrogens (tertiary/aromatic N) is 2. The SMILES string of the molecule is c1ccc(-c2ccc3c(c2)NC(N2CCN4CCC2CC4)O3)cc1. The number of ether oxygens (including phenoxy) is 1. The summed E-state index contributed by atoms with van der Waals surface area (Å²) >= 11 is 0. The summed E-state index contributed by atoms with van der Waals surface area (Å²) in [5.41, 5.74) is 3.58. The molecule has 24 heavy (non-hydrogen) atoms. The third kappa shape index (κ3) is 2.46. The van der Waals surface area contributed by atoms with E-state index in [1.54, 1.807) is 0 Å². The van der Waals surface area contributed by atoms with Gasteiger partial charge < -0.3 is 15.0 Å². The van der Waals surface area contributed by atoms with Crippen molar-refractivity contribution in [3.63, 3.8) is 0 Å². The molecular weight excluding hydrogens is 298 g/mol. The summed E-state index contributed by atoms with van der Waals surface area (Å²) in [7, 11) is 0. The van der Waals surface area contributed by atoms with Gasteiger partial charge >= 0.3 is 0 Å². The number of anilines is 1. The first kappa shape index (κ1) is 14.3. The Morgan fingerprint density at radius 3 is 2.54 bits per heavy atom. The summed E-state index contributed by atoms with van der Waals surface area (Å²) < 4.78 is 6.24. The Kier molecular flexibility index (Phi) is 3.46. The Hall–Kier alpha value is -2.04. The van der Waals surface area contributed by atoms with Crippen LogP contribution in [0.25, 0.3) is 11.1 Å². The summed E-state index contributed by atoms with van der Waals surface area (Å²) in [6.45, 7) is 4.71. The molecule has 6 rings (SSSR count). The zero-order valence-corrected chi connectivity index (χ0v) is 13.8. The van der Waals surface area contributed by atoms with Gasteiger partial charge in [0.05, 0.1) is 5.69 Å². The number of piperidine rings is 1. The molecule has 1 N–H and O–H groups in total. The summed E-state index contributed by atoms with van der Waals surface area (Å²) in [5.74, 6) is 0.971. The van der Waals surface area contributed by atoms with Crippen molar-refractivity contribution in [2.75, 3.05) is 31.5 Å². The van der Waals surface area contributed by atoms with Crippen molar-refractivity contribution >= 4 is 5.69 Å². The van der Waals surface area contributed by atoms with Crippen LogP contribution in [0, 0.1) is 0 Å². The molecule has 0 aliphatic carbocycles. The highest BCUT2D eigenvalue weighted by Crippen LogP contribution is 2.37. The number of benzene rings is 2. The van der Waals surface area contributed by atoms with Crippen molar-refractivity contribution in [2.24, 2.45) is 0 Å². The predicted molar refractivity (Wildman–Crippen MR) is 96.1 cm³/mol. The molecule has 2 aromatic rings. The average molecular weight is 321 g/mol. The van der Waals surface area contributed by atoms with Gasteiger partial charge in [0.15, 0.2) is 0 Å². The minimum atomic E-state index is -0.0194. The lowest BCUT2D eigenvalue weighted by Gasteiger charge is -2.34. The molecule has 0 saturated carbocycles. The third-order valence-corrected chi connectivity index (χ3v) is 5.61. The van der Waals surface area contributed by atoms with Crippen LogP contribution >= 0.6 is 0 Å². The van der Waals surface area contributed by atoms with Crippen LogP contribution < -0.4 is 10.1 Å². The molecule has 2 bridgehead atoms. The number of nitrogens with one attached hydrogen (secondary N) is 1.